The van der Waals surface area contributed by atoms with E-state index < -0.39 is 0 Å². The Morgan fingerprint density at radius 2 is 2.12 bits per heavy atom. The van der Waals surface area contributed by atoms with Crippen LogP contribution in [0.25, 0.3) is 0 Å². The summed E-state index contributed by atoms with van der Waals surface area (Å²) in [6.45, 7) is 5.24. The van der Waals surface area contributed by atoms with Crippen LogP contribution in [-0.2, 0) is 11.2 Å². The fourth-order valence-electron chi connectivity index (χ4n) is 1.37. The minimum absolute atomic E-state index is 0.0550. The molecule has 2 N–H and O–H groups in total. The average Bonchev–Trinajstić information content (AvgIpc) is 2.37. The molecule has 0 bridgehead atoms. The van der Waals surface area contributed by atoms with Crippen LogP contribution in [0.3, 0.4) is 0 Å². The van der Waals surface area contributed by atoms with Gasteiger partial charge in [-0.3, -0.25) is 9.78 Å². The highest BCUT2D eigenvalue weighted by molar-refractivity contribution is 5.77. The number of pyridine rings is 1. The van der Waals surface area contributed by atoms with Crippen molar-refractivity contribution in [3.8, 4) is 0 Å². The lowest BCUT2D eigenvalue weighted by Crippen LogP contribution is -2.38. The number of amides is 1. The van der Waals surface area contributed by atoms with Crippen molar-refractivity contribution >= 4 is 5.91 Å². The lowest BCUT2D eigenvalue weighted by Gasteiger charge is -2.11. The van der Waals surface area contributed by atoms with Crippen LogP contribution in [0.5, 0.6) is 0 Å². The van der Waals surface area contributed by atoms with Gasteiger partial charge in [0.15, 0.2) is 0 Å². The van der Waals surface area contributed by atoms with Crippen LogP contribution in [0.15, 0.2) is 24.5 Å². The highest BCUT2D eigenvalue weighted by Gasteiger charge is 2.03. The quantitative estimate of drug-likeness (QED) is 0.745. The maximum atomic E-state index is 11.5. The predicted molar refractivity (Wildman–Crippen MR) is 68.7 cm³/mol. The van der Waals surface area contributed by atoms with Gasteiger partial charge in [0, 0.05) is 25.0 Å². The molecule has 1 aromatic rings. The van der Waals surface area contributed by atoms with Crippen LogP contribution >= 0.6 is 0 Å². The Balaban J connectivity index is 2.12. The minimum Gasteiger partial charge on any atom is -0.355 e. The highest BCUT2D eigenvalue weighted by Crippen LogP contribution is 1.95. The Kier molecular flexibility index (Phi) is 6.25. The molecule has 0 aliphatic heterocycles. The van der Waals surface area contributed by atoms with Gasteiger partial charge in [0.25, 0.3) is 0 Å². The average molecular weight is 235 g/mol. The lowest BCUT2D eigenvalue weighted by molar-refractivity contribution is -0.120. The van der Waals surface area contributed by atoms with E-state index in [9.17, 15) is 4.79 Å². The number of hydrogen-bond donors (Lipinski definition) is 2. The van der Waals surface area contributed by atoms with Gasteiger partial charge in [-0.25, -0.2) is 0 Å². The van der Waals surface area contributed by atoms with Gasteiger partial charge in [-0.15, -0.1) is 0 Å². The Labute approximate surface area is 103 Å². The fourth-order valence-corrected chi connectivity index (χ4v) is 1.37. The lowest BCUT2D eigenvalue weighted by atomic mass is 10.2. The normalized spacial score (nSPS) is 12.1. The number of rotatable bonds is 7. The number of aromatic nitrogens is 1. The standard InChI is InChI=1S/C13H21N3O/c1-3-11(2)16-10-13(17)15-9-6-12-4-7-14-8-5-12/h4-5,7-8,11,16H,3,6,9-10H2,1-2H3,(H,15,17). The van der Waals surface area contributed by atoms with Crippen LogP contribution in [0.4, 0.5) is 0 Å². The van der Waals surface area contributed by atoms with Crippen molar-refractivity contribution < 1.29 is 4.79 Å². The van der Waals surface area contributed by atoms with Crippen LogP contribution < -0.4 is 10.6 Å². The third-order valence-electron chi connectivity index (χ3n) is 2.71. The molecule has 17 heavy (non-hydrogen) atoms. The molecule has 94 valence electrons. The second kappa shape index (κ2) is 7.79. The van der Waals surface area contributed by atoms with E-state index in [1.807, 2.05) is 12.1 Å². The molecule has 1 amide bonds. The minimum atomic E-state index is 0.0550. The molecular formula is C13H21N3O. The molecule has 0 saturated carbocycles. The van der Waals surface area contributed by atoms with E-state index in [2.05, 4.69) is 29.5 Å². The van der Waals surface area contributed by atoms with Crippen LogP contribution in [0.2, 0.25) is 0 Å². The van der Waals surface area contributed by atoms with Gasteiger partial charge in [0.05, 0.1) is 6.54 Å². The molecule has 0 saturated heterocycles. The first kappa shape index (κ1) is 13.6. The van der Waals surface area contributed by atoms with Crippen LogP contribution in [-0.4, -0.2) is 30.0 Å². The Bertz CT molecular complexity index is 327. The van der Waals surface area contributed by atoms with Gasteiger partial charge in [-0.2, -0.15) is 0 Å². The number of carbonyl (C=O) groups is 1. The zero-order valence-electron chi connectivity index (χ0n) is 10.6. The molecule has 1 unspecified atom stereocenters. The van der Waals surface area contributed by atoms with Crippen LogP contribution in [0, 0.1) is 0 Å². The van der Waals surface area contributed by atoms with E-state index in [-0.39, 0.29) is 5.91 Å². The molecule has 0 aromatic carbocycles. The van der Waals surface area contributed by atoms with Crippen molar-refractivity contribution in [2.75, 3.05) is 13.1 Å². The van der Waals surface area contributed by atoms with E-state index in [4.69, 9.17) is 0 Å². The topological polar surface area (TPSA) is 54.0 Å². The van der Waals surface area contributed by atoms with Crippen molar-refractivity contribution in [2.45, 2.75) is 32.7 Å². The van der Waals surface area contributed by atoms with Gasteiger partial charge in [0.1, 0.15) is 0 Å². The summed E-state index contributed by atoms with van der Waals surface area (Å²) in [6, 6.07) is 4.31. The molecule has 4 nitrogen and oxygen atoms in total. The monoisotopic (exact) mass is 235 g/mol. The summed E-state index contributed by atoms with van der Waals surface area (Å²) < 4.78 is 0. The zero-order valence-corrected chi connectivity index (χ0v) is 10.6. The SMILES string of the molecule is CCC(C)NCC(=O)NCCc1ccncc1. The summed E-state index contributed by atoms with van der Waals surface area (Å²) >= 11 is 0. The zero-order chi connectivity index (χ0) is 12.5. The Hall–Kier alpha value is -1.42. The third kappa shape index (κ3) is 6.02. The van der Waals surface area contributed by atoms with Gasteiger partial charge in [-0.05, 0) is 37.5 Å². The van der Waals surface area contributed by atoms with Crippen molar-refractivity contribution in [2.24, 2.45) is 0 Å². The summed E-state index contributed by atoms with van der Waals surface area (Å²) in [5.41, 5.74) is 1.19. The summed E-state index contributed by atoms with van der Waals surface area (Å²) in [4.78, 5) is 15.4. The molecule has 0 fully saturated rings. The summed E-state index contributed by atoms with van der Waals surface area (Å²) in [5.74, 6) is 0.0550. The number of nitrogens with one attached hydrogen (secondary N) is 2. The maximum Gasteiger partial charge on any atom is 0.233 e. The maximum absolute atomic E-state index is 11.5. The number of nitrogens with zero attached hydrogens (tertiary/aromatic N) is 1. The number of hydrogen-bond acceptors (Lipinski definition) is 3. The first-order valence-corrected chi connectivity index (χ1v) is 6.11. The first-order valence-electron chi connectivity index (χ1n) is 6.11. The molecule has 1 atom stereocenters. The van der Waals surface area contributed by atoms with Crippen molar-refractivity contribution in [3.05, 3.63) is 30.1 Å². The largest absolute Gasteiger partial charge is 0.355 e. The Morgan fingerprint density at radius 3 is 2.76 bits per heavy atom. The van der Waals surface area contributed by atoms with E-state index in [1.165, 1.54) is 5.56 Å². The van der Waals surface area contributed by atoms with E-state index in [0.29, 0.717) is 19.1 Å². The molecule has 4 heteroatoms. The fraction of sp³-hybridized carbons (Fsp3) is 0.538. The van der Waals surface area contributed by atoms with Crippen molar-refractivity contribution in [3.63, 3.8) is 0 Å². The highest BCUT2D eigenvalue weighted by atomic mass is 16.1. The second-order valence-electron chi connectivity index (χ2n) is 4.15. The molecule has 0 radical (unpaired) electrons. The van der Waals surface area contributed by atoms with Crippen LogP contribution in [0.1, 0.15) is 25.8 Å². The predicted octanol–water partition coefficient (Wildman–Crippen LogP) is 1.13. The molecule has 0 aliphatic rings. The number of carbonyl (C=O) groups excluding carboxylic acids is 1. The molecule has 1 rings (SSSR count). The van der Waals surface area contributed by atoms with Gasteiger partial charge in [-0.1, -0.05) is 6.92 Å². The van der Waals surface area contributed by atoms with Gasteiger partial charge in [0.2, 0.25) is 5.91 Å². The molecular weight excluding hydrogens is 214 g/mol. The van der Waals surface area contributed by atoms with Crippen molar-refractivity contribution in [1.29, 1.82) is 0 Å². The molecule has 1 aromatic heterocycles. The van der Waals surface area contributed by atoms with Crippen molar-refractivity contribution in [1.82, 2.24) is 15.6 Å². The molecule has 0 aliphatic carbocycles. The van der Waals surface area contributed by atoms with E-state index in [0.717, 1.165) is 12.8 Å². The van der Waals surface area contributed by atoms with E-state index in [1.54, 1.807) is 12.4 Å². The smallest absolute Gasteiger partial charge is 0.233 e. The summed E-state index contributed by atoms with van der Waals surface area (Å²) in [7, 11) is 0. The molecule has 0 spiro atoms. The first-order chi connectivity index (χ1) is 8.22. The summed E-state index contributed by atoms with van der Waals surface area (Å²) in [5, 5.41) is 6.05. The van der Waals surface area contributed by atoms with Gasteiger partial charge < -0.3 is 10.6 Å². The summed E-state index contributed by atoms with van der Waals surface area (Å²) in [6.07, 6.45) is 5.41. The van der Waals surface area contributed by atoms with Gasteiger partial charge >= 0.3 is 0 Å². The Morgan fingerprint density at radius 1 is 1.41 bits per heavy atom. The third-order valence-corrected chi connectivity index (χ3v) is 2.71. The van der Waals surface area contributed by atoms with E-state index >= 15 is 0 Å². The second-order valence-corrected chi connectivity index (χ2v) is 4.15. The molecule has 1 heterocycles.